The van der Waals surface area contributed by atoms with Crippen LogP contribution < -0.4 is 11.1 Å². The second-order valence-electron chi connectivity index (χ2n) is 6.77. The summed E-state index contributed by atoms with van der Waals surface area (Å²) in [4.78, 5) is 32.6. The SMILES string of the molecule is Cc1ccc(C(=O)N2CCc3nc(C(=O)Nc4ccccc4N)sc3C2)cc1. The second-order valence-corrected chi connectivity index (χ2v) is 7.86. The van der Waals surface area contributed by atoms with Crippen LogP contribution in [0.5, 0.6) is 0 Å². The van der Waals surface area contributed by atoms with Crippen molar-refractivity contribution in [3.05, 3.63) is 75.2 Å². The zero-order chi connectivity index (χ0) is 19.7. The number of anilines is 2. The summed E-state index contributed by atoms with van der Waals surface area (Å²) in [6.07, 6.45) is 0.643. The van der Waals surface area contributed by atoms with Crippen LogP contribution in [0, 0.1) is 6.92 Å². The van der Waals surface area contributed by atoms with E-state index < -0.39 is 0 Å². The number of hydrogen-bond acceptors (Lipinski definition) is 5. The number of thiazole rings is 1. The molecule has 1 aromatic heterocycles. The number of amides is 2. The molecular weight excluding hydrogens is 372 g/mol. The van der Waals surface area contributed by atoms with Gasteiger partial charge in [-0.05, 0) is 31.2 Å². The molecule has 2 aromatic carbocycles. The zero-order valence-electron chi connectivity index (χ0n) is 15.4. The number of rotatable bonds is 3. The fraction of sp³-hybridized carbons (Fsp3) is 0.190. The number of benzene rings is 2. The Kier molecular flexibility index (Phi) is 4.83. The van der Waals surface area contributed by atoms with Crippen molar-refractivity contribution in [2.24, 2.45) is 0 Å². The lowest BCUT2D eigenvalue weighted by molar-refractivity contribution is 0.0736. The smallest absolute Gasteiger partial charge is 0.284 e. The van der Waals surface area contributed by atoms with Crippen LogP contribution >= 0.6 is 11.3 Å². The maximum absolute atomic E-state index is 12.8. The third-order valence-electron chi connectivity index (χ3n) is 4.72. The van der Waals surface area contributed by atoms with Crippen LogP contribution in [0.4, 0.5) is 11.4 Å². The lowest BCUT2D eigenvalue weighted by Gasteiger charge is -2.26. The molecule has 3 aromatic rings. The van der Waals surface area contributed by atoms with Crippen molar-refractivity contribution < 1.29 is 9.59 Å². The van der Waals surface area contributed by atoms with E-state index in [4.69, 9.17) is 5.73 Å². The molecule has 142 valence electrons. The van der Waals surface area contributed by atoms with Crippen molar-refractivity contribution in [2.75, 3.05) is 17.6 Å². The number of fused-ring (bicyclic) bond motifs is 1. The topological polar surface area (TPSA) is 88.3 Å². The number of carbonyl (C=O) groups excluding carboxylic acids is 2. The van der Waals surface area contributed by atoms with Gasteiger partial charge in [0.2, 0.25) is 0 Å². The molecule has 6 nitrogen and oxygen atoms in total. The van der Waals surface area contributed by atoms with E-state index in [1.165, 1.54) is 11.3 Å². The minimum absolute atomic E-state index is 0.00195. The zero-order valence-corrected chi connectivity index (χ0v) is 16.3. The Morgan fingerprint density at radius 3 is 2.64 bits per heavy atom. The molecule has 1 aliphatic rings. The first-order valence-corrected chi connectivity index (χ1v) is 9.83. The summed E-state index contributed by atoms with van der Waals surface area (Å²) < 4.78 is 0. The average molecular weight is 392 g/mol. The standard InChI is InChI=1S/C21H20N4O2S/c1-13-6-8-14(9-7-13)21(27)25-11-10-17-18(12-25)28-20(24-17)19(26)23-16-5-3-2-4-15(16)22/h2-9H,10-12,22H2,1H3,(H,23,26). The van der Waals surface area contributed by atoms with E-state index in [2.05, 4.69) is 10.3 Å². The molecule has 3 N–H and O–H groups in total. The normalized spacial score (nSPS) is 13.1. The number of carbonyl (C=O) groups is 2. The van der Waals surface area contributed by atoms with E-state index in [-0.39, 0.29) is 11.8 Å². The van der Waals surface area contributed by atoms with Gasteiger partial charge in [0.1, 0.15) is 0 Å². The third kappa shape index (κ3) is 3.61. The number of nitrogens with one attached hydrogen (secondary N) is 1. The van der Waals surface area contributed by atoms with E-state index >= 15 is 0 Å². The highest BCUT2D eigenvalue weighted by atomic mass is 32.1. The Balaban J connectivity index is 1.49. The lowest BCUT2D eigenvalue weighted by Crippen LogP contribution is -2.35. The number of nitrogens with zero attached hydrogens (tertiary/aromatic N) is 2. The minimum Gasteiger partial charge on any atom is -0.397 e. The quantitative estimate of drug-likeness (QED) is 0.668. The number of aryl methyl sites for hydroxylation is 1. The first kappa shape index (κ1) is 18.2. The minimum atomic E-state index is -0.284. The second kappa shape index (κ2) is 7.44. The van der Waals surface area contributed by atoms with Gasteiger partial charge in [-0.2, -0.15) is 0 Å². The molecule has 0 unspecified atom stereocenters. The Bertz CT molecular complexity index is 1040. The van der Waals surface area contributed by atoms with Crippen LogP contribution in [-0.2, 0) is 13.0 Å². The molecule has 0 saturated carbocycles. The van der Waals surface area contributed by atoms with Gasteiger partial charge in [-0.1, -0.05) is 29.8 Å². The van der Waals surface area contributed by atoms with Crippen molar-refractivity contribution in [1.82, 2.24) is 9.88 Å². The number of hydrogen-bond donors (Lipinski definition) is 2. The van der Waals surface area contributed by atoms with Gasteiger partial charge in [0, 0.05) is 23.4 Å². The largest absolute Gasteiger partial charge is 0.397 e. The molecule has 0 spiro atoms. The molecule has 0 radical (unpaired) electrons. The number of para-hydroxylation sites is 2. The number of nitrogen functional groups attached to an aromatic ring is 1. The summed E-state index contributed by atoms with van der Waals surface area (Å²) in [5, 5.41) is 3.19. The molecule has 0 atom stereocenters. The fourth-order valence-corrected chi connectivity index (χ4v) is 4.15. The van der Waals surface area contributed by atoms with E-state index in [0.717, 1.165) is 16.1 Å². The molecule has 0 bridgehead atoms. The molecular formula is C21H20N4O2S. The van der Waals surface area contributed by atoms with Crippen molar-refractivity contribution in [3.8, 4) is 0 Å². The van der Waals surface area contributed by atoms with E-state index in [0.29, 0.717) is 41.5 Å². The van der Waals surface area contributed by atoms with Crippen LogP contribution in [0.1, 0.15) is 36.3 Å². The van der Waals surface area contributed by atoms with Gasteiger partial charge < -0.3 is 16.0 Å². The molecule has 7 heteroatoms. The highest BCUT2D eigenvalue weighted by Crippen LogP contribution is 2.27. The summed E-state index contributed by atoms with van der Waals surface area (Å²) in [6, 6.07) is 14.7. The fourth-order valence-electron chi connectivity index (χ4n) is 3.13. The molecule has 0 aliphatic carbocycles. The van der Waals surface area contributed by atoms with Gasteiger partial charge in [0.05, 0.1) is 23.6 Å². The van der Waals surface area contributed by atoms with Gasteiger partial charge in [-0.3, -0.25) is 9.59 Å². The molecule has 2 amide bonds. The summed E-state index contributed by atoms with van der Waals surface area (Å²) >= 11 is 1.33. The molecule has 4 rings (SSSR count). The molecule has 1 aliphatic heterocycles. The van der Waals surface area contributed by atoms with Gasteiger partial charge in [-0.25, -0.2) is 4.98 Å². The van der Waals surface area contributed by atoms with Crippen LogP contribution in [0.15, 0.2) is 48.5 Å². The van der Waals surface area contributed by atoms with E-state index in [9.17, 15) is 9.59 Å². The van der Waals surface area contributed by atoms with Crippen molar-refractivity contribution in [2.45, 2.75) is 19.9 Å². The molecule has 2 heterocycles. The molecule has 0 fully saturated rings. The third-order valence-corrected chi connectivity index (χ3v) is 5.80. The Labute approximate surface area is 167 Å². The Morgan fingerprint density at radius 1 is 1.14 bits per heavy atom. The average Bonchev–Trinajstić information content (AvgIpc) is 3.13. The maximum atomic E-state index is 12.8. The first-order valence-electron chi connectivity index (χ1n) is 9.01. The van der Waals surface area contributed by atoms with Crippen LogP contribution in [0.25, 0.3) is 0 Å². The van der Waals surface area contributed by atoms with Gasteiger partial charge in [0.25, 0.3) is 11.8 Å². The van der Waals surface area contributed by atoms with E-state index in [1.807, 2.05) is 48.2 Å². The van der Waals surface area contributed by atoms with Crippen LogP contribution in [0.3, 0.4) is 0 Å². The molecule has 28 heavy (non-hydrogen) atoms. The monoisotopic (exact) mass is 392 g/mol. The van der Waals surface area contributed by atoms with Gasteiger partial charge >= 0.3 is 0 Å². The van der Waals surface area contributed by atoms with Crippen molar-refractivity contribution >= 4 is 34.5 Å². The lowest BCUT2D eigenvalue weighted by atomic mass is 10.1. The van der Waals surface area contributed by atoms with Gasteiger partial charge in [-0.15, -0.1) is 11.3 Å². The maximum Gasteiger partial charge on any atom is 0.284 e. The Morgan fingerprint density at radius 2 is 1.89 bits per heavy atom. The van der Waals surface area contributed by atoms with E-state index in [1.54, 1.807) is 12.1 Å². The molecule has 0 saturated heterocycles. The van der Waals surface area contributed by atoms with Crippen molar-refractivity contribution in [1.29, 1.82) is 0 Å². The summed E-state index contributed by atoms with van der Waals surface area (Å²) in [5.41, 5.74) is 9.65. The summed E-state index contributed by atoms with van der Waals surface area (Å²) in [5.74, 6) is -0.282. The number of nitrogens with two attached hydrogens (primary N) is 1. The first-order chi connectivity index (χ1) is 13.5. The van der Waals surface area contributed by atoms with Gasteiger partial charge in [0.15, 0.2) is 5.01 Å². The van der Waals surface area contributed by atoms with Crippen LogP contribution in [-0.4, -0.2) is 28.2 Å². The highest BCUT2D eigenvalue weighted by Gasteiger charge is 2.26. The number of aromatic nitrogens is 1. The van der Waals surface area contributed by atoms with Crippen LogP contribution in [0.2, 0.25) is 0 Å². The summed E-state index contributed by atoms with van der Waals surface area (Å²) in [7, 11) is 0. The Hall–Kier alpha value is -3.19. The van der Waals surface area contributed by atoms with Crippen molar-refractivity contribution in [3.63, 3.8) is 0 Å². The predicted molar refractivity (Wildman–Crippen MR) is 111 cm³/mol. The highest BCUT2D eigenvalue weighted by molar-refractivity contribution is 7.13. The predicted octanol–water partition coefficient (Wildman–Crippen LogP) is 3.48. The summed E-state index contributed by atoms with van der Waals surface area (Å²) in [6.45, 7) is 3.06.